The van der Waals surface area contributed by atoms with E-state index in [9.17, 15) is 9.59 Å². The molecule has 3 rings (SSSR count). The van der Waals surface area contributed by atoms with E-state index in [2.05, 4.69) is 15.5 Å². The molecule has 1 saturated heterocycles. The molecule has 0 radical (unpaired) electrons. The molecule has 25 heavy (non-hydrogen) atoms. The van der Waals surface area contributed by atoms with Gasteiger partial charge in [0.15, 0.2) is 5.82 Å². The molecule has 1 aromatic rings. The second-order valence-electron chi connectivity index (χ2n) is 6.86. The Morgan fingerprint density at radius 1 is 1.36 bits per heavy atom. The third-order valence-electron chi connectivity index (χ3n) is 5.14. The van der Waals surface area contributed by atoms with Gasteiger partial charge in [-0.05, 0) is 26.2 Å². The molecule has 3 amide bonds. The monoisotopic (exact) mass is 349 g/mol. The van der Waals surface area contributed by atoms with E-state index in [0.717, 1.165) is 25.2 Å². The molecule has 138 valence electrons. The topological polar surface area (TPSA) is 91.6 Å². The van der Waals surface area contributed by atoms with Crippen LogP contribution in [0.3, 0.4) is 0 Å². The highest BCUT2D eigenvalue weighted by Gasteiger charge is 2.32. The van der Waals surface area contributed by atoms with Crippen LogP contribution in [0.25, 0.3) is 0 Å². The number of urea groups is 1. The van der Waals surface area contributed by atoms with Gasteiger partial charge in [0.25, 0.3) is 0 Å². The van der Waals surface area contributed by atoms with Crippen LogP contribution >= 0.6 is 0 Å². The maximum absolute atomic E-state index is 12.1. The Morgan fingerprint density at radius 3 is 2.80 bits per heavy atom. The summed E-state index contributed by atoms with van der Waals surface area (Å²) in [5, 5.41) is 6.86. The van der Waals surface area contributed by atoms with Gasteiger partial charge in [-0.1, -0.05) is 11.6 Å². The minimum absolute atomic E-state index is 0.0189. The first-order valence-corrected chi connectivity index (χ1v) is 9.21. The molecule has 0 aromatic carbocycles. The second-order valence-corrected chi connectivity index (χ2v) is 6.86. The van der Waals surface area contributed by atoms with Crippen LogP contribution in [0.2, 0.25) is 0 Å². The molecule has 1 atom stereocenters. The van der Waals surface area contributed by atoms with Gasteiger partial charge in [-0.3, -0.25) is 4.79 Å². The van der Waals surface area contributed by atoms with Crippen LogP contribution in [0.15, 0.2) is 4.52 Å². The van der Waals surface area contributed by atoms with E-state index in [-0.39, 0.29) is 18.0 Å². The third kappa shape index (κ3) is 4.11. The van der Waals surface area contributed by atoms with Gasteiger partial charge in [0.2, 0.25) is 11.8 Å². The number of carbonyl (C=O) groups excluding carboxylic acids is 2. The molecule has 8 nitrogen and oxygen atoms in total. The Balaban J connectivity index is 1.54. The predicted octanol–water partition coefficient (Wildman–Crippen LogP) is 1.53. The molecule has 8 heteroatoms. The molecule has 1 N–H and O–H groups in total. The lowest BCUT2D eigenvalue weighted by molar-refractivity contribution is -0.130. The first-order chi connectivity index (χ1) is 12.1. The van der Waals surface area contributed by atoms with Crippen LogP contribution in [-0.2, 0) is 11.2 Å². The van der Waals surface area contributed by atoms with Crippen molar-refractivity contribution < 1.29 is 14.1 Å². The lowest BCUT2D eigenvalue weighted by atomic mass is 9.85. The minimum atomic E-state index is -0.0585. The van der Waals surface area contributed by atoms with Gasteiger partial charge < -0.3 is 19.6 Å². The molecule has 1 aromatic heterocycles. The van der Waals surface area contributed by atoms with Crippen molar-refractivity contribution in [3.05, 3.63) is 11.7 Å². The zero-order chi connectivity index (χ0) is 17.8. The van der Waals surface area contributed by atoms with Crippen LogP contribution in [-0.4, -0.2) is 64.1 Å². The Kier molecular flexibility index (Phi) is 5.55. The minimum Gasteiger partial charge on any atom is -0.339 e. The quantitative estimate of drug-likeness (QED) is 0.841. The molecular formula is C17H27N5O3. The Bertz CT molecular complexity index is 613. The maximum atomic E-state index is 12.1. The summed E-state index contributed by atoms with van der Waals surface area (Å²) in [6.45, 7) is 5.88. The molecular weight excluding hydrogens is 322 g/mol. The molecule has 0 spiro atoms. The van der Waals surface area contributed by atoms with Gasteiger partial charge >= 0.3 is 6.03 Å². The van der Waals surface area contributed by atoms with E-state index in [1.165, 1.54) is 6.42 Å². The van der Waals surface area contributed by atoms with Crippen molar-refractivity contribution in [3.63, 3.8) is 0 Å². The first-order valence-electron chi connectivity index (χ1n) is 9.21. The summed E-state index contributed by atoms with van der Waals surface area (Å²) in [6.07, 6.45) is 4.85. The average Bonchev–Trinajstić information content (AvgIpc) is 3.16. The summed E-state index contributed by atoms with van der Waals surface area (Å²) in [4.78, 5) is 32.1. The zero-order valence-electron chi connectivity index (χ0n) is 15.0. The molecule has 1 unspecified atom stereocenters. The van der Waals surface area contributed by atoms with Crippen LogP contribution in [0.4, 0.5) is 4.79 Å². The number of nitrogens with zero attached hydrogens (tertiary/aromatic N) is 4. The number of hydrogen-bond acceptors (Lipinski definition) is 5. The van der Waals surface area contributed by atoms with E-state index in [1.807, 2.05) is 11.8 Å². The van der Waals surface area contributed by atoms with E-state index in [0.29, 0.717) is 44.3 Å². The Morgan fingerprint density at radius 2 is 2.16 bits per heavy atom. The van der Waals surface area contributed by atoms with Crippen LogP contribution < -0.4 is 5.32 Å². The molecule has 1 saturated carbocycles. The highest BCUT2D eigenvalue weighted by molar-refractivity contribution is 5.76. The summed E-state index contributed by atoms with van der Waals surface area (Å²) >= 11 is 0. The molecule has 1 aliphatic carbocycles. The van der Waals surface area contributed by atoms with Crippen molar-refractivity contribution in [2.75, 3.05) is 26.2 Å². The average molecular weight is 349 g/mol. The molecule has 2 heterocycles. The summed E-state index contributed by atoms with van der Waals surface area (Å²) in [5.41, 5.74) is 0. The number of hydrogen-bond donors (Lipinski definition) is 1. The van der Waals surface area contributed by atoms with Crippen molar-refractivity contribution in [3.8, 4) is 0 Å². The number of aromatic nitrogens is 2. The summed E-state index contributed by atoms with van der Waals surface area (Å²) < 4.78 is 5.34. The molecule has 1 aliphatic heterocycles. The van der Waals surface area contributed by atoms with Crippen molar-refractivity contribution in [1.82, 2.24) is 25.3 Å². The van der Waals surface area contributed by atoms with Crippen LogP contribution in [0.5, 0.6) is 0 Å². The predicted molar refractivity (Wildman–Crippen MR) is 91.0 cm³/mol. The standard InChI is InChI=1S/C17H27N5O3/c1-3-18-17(24)21-9-7-14(11-21)22(12(2)23)10-8-15-19-16(25-20-15)13-5-4-6-13/h13-14H,3-11H2,1-2H3,(H,18,24). The zero-order valence-corrected chi connectivity index (χ0v) is 15.0. The molecule has 2 fully saturated rings. The van der Waals surface area contributed by atoms with Gasteiger partial charge in [-0.25, -0.2) is 4.79 Å². The molecule has 2 aliphatic rings. The normalized spacial score (nSPS) is 20.4. The number of carbonyl (C=O) groups is 2. The summed E-state index contributed by atoms with van der Waals surface area (Å²) in [7, 11) is 0. The van der Waals surface area contributed by atoms with E-state index in [4.69, 9.17) is 4.52 Å². The van der Waals surface area contributed by atoms with Gasteiger partial charge in [0.1, 0.15) is 0 Å². The van der Waals surface area contributed by atoms with E-state index >= 15 is 0 Å². The fourth-order valence-electron chi connectivity index (χ4n) is 3.45. The SMILES string of the molecule is CCNC(=O)N1CCC(N(CCc2noc(C3CCC3)n2)C(C)=O)C1. The van der Waals surface area contributed by atoms with E-state index < -0.39 is 0 Å². The highest BCUT2D eigenvalue weighted by atomic mass is 16.5. The van der Waals surface area contributed by atoms with E-state index in [1.54, 1.807) is 11.8 Å². The first kappa shape index (κ1) is 17.7. The smallest absolute Gasteiger partial charge is 0.317 e. The Labute approximate surface area is 147 Å². The lowest BCUT2D eigenvalue weighted by Gasteiger charge is -2.27. The van der Waals surface area contributed by atoms with Gasteiger partial charge in [0.05, 0.1) is 6.04 Å². The van der Waals surface area contributed by atoms with Crippen molar-refractivity contribution in [1.29, 1.82) is 0 Å². The number of nitrogens with one attached hydrogen (secondary N) is 1. The van der Waals surface area contributed by atoms with Gasteiger partial charge in [-0.2, -0.15) is 4.98 Å². The fraction of sp³-hybridized carbons (Fsp3) is 0.765. The van der Waals surface area contributed by atoms with Gasteiger partial charge in [0, 0.05) is 45.4 Å². The van der Waals surface area contributed by atoms with Crippen LogP contribution in [0.1, 0.15) is 57.2 Å². The number of rotatable bonds is 6. The highest BCUT2D eigenvalue weighted by Crippen LogP contribution is 2.35. The third-order valence-corrected chi connectivity index (χ3v) is 5.14. The Hall–Kier alpha value is -2.12. The largest absolute Gasteiger partial charge is 0.339 e. The lowest BCUT2D eigenvalue weighted by Crippen LogP contribution is -2.44. The summed E-state index contributed by atoms with van der Waals surface area (Å²) in [5.74, 6) is 1.83. The van der Waals surface area contributed by atoms with Crippen molar-refractivity contribution >= 4 is 11.9 Å². The second kappa shape index (κ2) is 7.84. The van der Waals surface area contributed by atoms with Crippen LogP contribution in [0, 0.1) is 0 Å². The number of amides is 3. The number of likely N-dealkylation sites (tertiary alicyclic amines) is 1. The molecule has 0 bridgehead atoms. The fourth-order valence-corrected chi connectivity index (χ4v) is 3.45. The van der Waals surface area contributed by atoms with Crippen molar-refractivity contribution in [2.45, 2.75) is 57.9 Å². The van der Waals surface area contributed by atoms with Gasteiger partial charge in [-0.15, -0.1) is 0 Å². The van der Waals surface area contributed by atoms with Crippen molar-refractivity contribution in [2.24, 2.45) is 0 Å². The maximum Gasteiger partial charge on any atom is 0.317 e. The summed E-state index contributed by atoms with van der Waals surface area (Å²) in [6, 6.07) is -0.00470.